The molecule has 0 unspecified atom stereocenters. The second-order valence-corrected chi connectivity index (χ2v) is 8.85. The summed E-state index contributed by atoms with van der Waals surface area (Å²) < 4.78 is 0. The number of quaternary nitrogens is 1. The van der Waals surface area contributed by atoms with E-state index in [1.807, 2.05) is 68.6 Å². The molecule has 3 aliphatic heterocycles. The van der Waals surface area contributed by atoms with Crippen LogP contribution < -0.4 is 10.6 Å². The average Bonchev–Trinajstić information content (AvgIpc) is 3.29. The molecule has 0 aliphatic carbocycles. The van der Waals surface area contributed by atoms with E-state index in [0.29, 0.717) is 13.0 Å². The number of benzene rings is 2. The number of carbonyl (C=O) groups is 3. The first-order valence-electron chi connectivity index (χ1n) is 10.5. The highest BCUT2D eigenvalue weighted by molar-refractivity contribution is 6.14. The Hall–Kier alpha value is -2.99. The Morgan fingerprint density at radius 2 is 1.77 bits per heavy atom. The number of hydrogen-bond acceptors (Lipinski definition) is 3. The summed E-state index contributed by atoms with van der Waals surface area (Å²) in [6, 6.07) is 13.6. The molecule has 0 radical (unpaired) electrons. The first kappa shape index (κ1) is 19.0. The van der Waals surface area contributed by atoms with Crippen molar-refractivity contribution in [3.05, 3.63) is 64.7 Å². The van der Waals surface area contributed by atoms with Crippen molar-refractivity contribution in [2.45, 2.75) is 38.8 Å². The van der Waals surface area contributed by atoms with Crippen molar-refractivity contribution >= 4 is 23.4 Å². The number of nitrogens with two attached hydrogens (primary N) is 1. The van der Waals surface area contributed by atoms with Gasteiger partial charge in [0.05, 0.1) is 11.7 Å². The topological polar surface area (TPSA) is 83.1 Å². The molecule has 4 atom stereocenters. The molecule has 0 aromatic heterocycles. The van der Waals surface area contributed by atoms with Crippen molar-refractivity contribution in [1.82, 2.24) is 4.90 Å². The third-order valence-electron chi connectivity index (χ3n) is 7.29. The number of aryl methyl sites for hydroxylation is 1. The number of carbonyl (C=O) groups excluding carboxylic acids is 3. The molecule has 5 rings (SSSR count). The van der Waals surface area contributed by atoms with Crippen LogP contribution in [0.25, 0.3) is 0 Å². The van der Waals surface area contributed by atoms with Crippen LogP contribution in [0, 0.1) is 25.7 Å². The summed E-state index contributed by atoms with van der Waals surface area (Å²) in [7, 11) is 0. The van der Waals surface area contributed by atoms with Gasteiger partial charge in [0.15, 0.2) is 0 Å². The molecule has 1 spiro atoms. The predicted octanol–water partition coefficient (Wildman–Crippen LogP) is 1.26. The van der Waals surface area contributed by atoms with E-state index in [4.69, 9.17) is 0 Å². The number of anilines is 1. The molecule has 3 amide bonds. The van der Waals surface area contributed by atoms with Gasteiger partial charge in [0, 0.05) is 12.1 Å². The number of likely N-dealkylation sites (tertiary alicyclic amines) is 1. The first-order valence-corrected chi connectivity index (χ1v) is 10.5. The summed E-state index contributed by atoms with van der Waals surface area (Å²) in [5.41, 5.74) is 3.76. The fraction of sp³-hybridized carbons (Fsp3) is 0.375. The molecule has 6 nitrogen and oxygen atoms in total. The summed E-state index contributed by atoms with van der Waals surface area (Å²) in [6.45, 7) is 6.28. The molecule has 0 saturated carbocycles. The van der Waals surface area contributed by atoms with Crippen molar-refractivity contribution in [2.24, 2.45) is 11.8 Å². The summed E-state index contributed by atoms with van der Waals surface area (Å²) in [5.74, 6) is -1.70. The van der Waals surface area contributed by atoms with Gasteiger partial charge < -0.3 is 10.6 Å². The summed E-state index contributed by atoms with van der Waals surface area (Å²) in [5, 5.41) is 4.98. The highest BCUT2D eigenvalue weighted by Crippen LogP contribution is 2.49. The van der Waals surface area contributed by atoms with Gasteiger partial charge in [-0.3, -0.25) is 19.3 Å². The van der Waals surface area contributed by atoms with Gasteiger partial charge >= 0.3 is 0 Å². The number of imide groups is 1. The van der Waals surface area contributed by atoms with E-state index in [-0.39, 0.29) is 23.8 Å². The minimum atomic E-state index is -1.06. The lowest BCUT2D eigenvalue weighted by Crippen LogP contribution is -2.98. The molecule has 3 aliphatic rings. The molecule has 2 fully saturated rings. The molecule has 154 valence electrons. The second kappa shape index (κ2) is 6.51. The average molecular weight is 404 g/mol. The molecule has 2 aromatic carbocycles. The highest BCUT2D eigenvalue weighted by Gasteiger charge is 2.73. The molecule has 30 heavy (non-hydrogen) atoms. The Morgan fingerprint density at radius 3 is 2.50 bits per heavy atom. The van der Waals surface area contributed by atoms with Gasteiger partial charge in [-0.15, -0.1) is 0 Å². The number of amides is 3. The number of nitrogens with one attached hydrogen (secondary N) is 1. The molecule has 3 N–H and O–H groups in total. The molecule has 3 heterocycles. The van der Waals surface area contributed by atoms with E-state index in [1.165, 1.54) is 4.90 Å². The minimum Gasteiger partial charge on any atom is -0.326 e. The number of hydrogen-bond donors (Lipinski definition) is 2. The van der Waals surface area contributed by atoms with Crippen LogP contribution in [0.2, 0.25) is 0 Å². The van der Waals surface area contributed by atoms with Gasteiger partial charge in [0.2, 0.25) is 17.4 Å². The maximum atomic E-state index is 13.5. The van der Waals surface area contributed by atoms with E-state index in [2.05, 4.69) is 5.32 Å². The molecule has 0 bridgehead atoms. The molecule has 6 heteroatoms. The third kappa shape index (κ3) is 2.37. The lowest BCUT2D eigenvalue weighted by Gasteiger charge is -2.26. The largest absolute Gasteiger partial charge is 0.326 e. The predicted molar refractivity (Wildman–Crippen MR) is 111 cm³/mol. The SMILES string of the molecule is Cc1ccc2c(c1C)NC(=O)[C@@]21[NH2+][C@H](C)[C@H]2C(=O)N(CCc3ccccc3)C(=O)[C@H]21. The highest BCUT2D eigenvalue weighted by atomic mass is 16.2. The minimum absolute atomic E-state index is 0.147. The van der Waals surface area contributed by atoms with Crippen LogP contribution in [0.1, 0.15) is 29.2 Å². The van der Waals surface area contributed by atoms with Crippen LogP contribution in [0.15, 0.2) is 42.5 Å². The van der Waals surface area contributed by atoms with Crippen LogP contribution in [-0.2, 0) is 26.3 Å². The van der Waals surface area contributed by atoms with Crippen LogP contribution >= 0.6 is 0 Å². The smallest absolute Gasteiger partial charge is 0.291 e. The van der Waals surface area contributed by atoms with Gasteiger partial charge in [-0.2, -0.15) is 0 Å². The molecular weight excluding hydrogens is 378 g/mol. The Kier molecular flexibility index (Phi) is 4.12. The Labute approximate surface area is 175 Å². The monoisotopic (exact) mass is 404 g/mol. The lowest BCUT2D eigenvalue weighted by atomic mass is 9.76. The van der Waals surface area contributed by atoms with E-state index < -0.39 is 17.4 Å². The normalized spacial score (nSPS) is 29.5. The Balaban J connectivity index is 1.53. The van der Waals surface area contributed by atoms with E-state index in [1.54, 1.807) is 0 Å². The summed E-state index contributed by atoms with van der Waals surface area (Å²) >= 11 is 0. The summed E-state index contributed by atoms with van der Waals surface area (Å²) in [4.78, 5) is 41.5. The summed E-state index contributed by atoms with van der Waals surface area (Å²) in [6.07, 6.45) is 0.615. The van der Waals surface area contributed by atoms with E-state index in [0.717, 1.165) is 27.9 Å². The van der Waals surface area contributed by atoms with Gasteiger partial charge in [0.1, 0.15) is 11.8 Å². The van der Waals surface area contributed by atoms with Gasteiger partial charge in [-0.25, -0.2) is 0 Å². The van der Waals surface area contributed by atoms with Crippen LogP contribution in [0.5, 0.6) is 0 Å². The zero-order valence-corrected chi connectivity index (χ0v) is 17.4. The number of fused-ring (bicyclic) bond motifs is 4. The number of nitrogens with zero attached hydrogens (tertiary/aromatic N) is 1. The Morgan fingerprint density at radius 1 is 1.03 bits per heavy atom. The van der Waals surface area contributed by atoms with Crippen molar-refractivity contribution in [1.29, 1.82) is 0 Å². The first-order chi connectivity index (χ1) is 14.4. The van der Waals surface area contributed by atoms with Crippen molar-refractivity contribution in [3.8, 4) is 0 Å². The van der Waals surface area contributed by atoms with Crippen molar-refractivity contribution in [2.75, 3.05) is 11.9 Å². The van der Waals surface area contributed by atoms with E-state index >= 15 is 0 Å². The van der Waals surface area contributed by atoms with Crippen LogP contribution in [0.4, 0.5) is 5.69 Å². The van der Waals surface area contributed by atoms with Crippen LogP contribution in [-0.4, -0.2) is 35.2 Å². The molecule has 2 saturated heterocycles. The molecule has 2 aromatic rings. The van der Waals surface area contributed by atoms with Gasteiger partial charge in [-0.1, -0.05) is 36.4 Å². The maximum Gasteiger partial charge on any atom is 0.291 e. The number of rotatable bonds is 3. The standard InChI is InChI=1S/C24H25N3O3/c1-13-9-10-17-20(14(13)2)25-23(30)24(17)19-18(15(3)26-24)21(28)27(22(19)29)12-11-16-7-5-4-6-8-16/h4-10,15,18-19,26H,11-12H2,1-3H3,(H,25,30)/p+1/t15-,18-,19+,24-/m1/s1. The Bertz CT molecular complexity index is 1080. The van der Waals surface area contributed by atoms with Gasteiger partial charge in [-0.05, 0) is 49.9 Å². The van der Waals surface area contributed by atoms with Crippen molar-refractivity contribution < 1.29 is 19.7 Å². The zero-order valence-electron chi connectivity index (χ0n) is 17.4. The van der Waals surface area contributed by atoms with Gasteiger partial charge in [0.25, 0.3) is 5.91 Å². The lowest BCUT2D eigenvalue weighted by molar-refractivity contribution is -0.730. The second-order valence-electron chi connectivity index (χ2n) is 8.85. The zero-order chi connectivity index (χ0) is 21.2. The molecular formula is C24H26N3O3+. The maximum absolute atomic E-state index is 13.5. The van der Waals surface area contributed by atoms with Crippen molar-refractivity contribution in [3.63, 3.8) is 0 Å². The van der Waals surface area contributed by atoms with Crippen LogP contribution in [0.3, 0.4) is 0 Å². The fourth-order valence-corrected chi connectivity index (χ4v) is 5.62. The third-order valence-corrected chi connectivity index (χ3v) is 7.29. The quantitative estimate of drug-likeness (QED) is 0.756. The van der Waals surface area contributed by atoms with E-state index in [9.17, 15) is 14.4 Å². The fourth-order valence-electron chi connectivity index (χ4n) is 5.62.